The van der Waals surface area contributed by atoms with Gasteiger partial charge in [0.05, 0.1) is 24.1 Å². The van der Waals surface area contributed by atoms with Crippen LogP contribution < -0.4 is 15.4 Å². The molecule has 5 aromatic rings. The quantitative estimate of drug-likeness (QED) is 0.0483. The highest BCUT2D eigenvalue weighted by Gasteiger charge is 2.54. The van der Waals surface area contributed by atoms with Gasteiger partial charge in [-0.2, -0.15) is 0 Å². The summed E-state index contributed by atoms with van der Waals surface area (Å²) in [6.45, 7) is 0.245. The Labute approximate surface area is 323 Å². The summed E-state index contributed by atoms with van der Waals surface area (Å²) >= 11 is 0. The zero-order valence-corrected chi connectivity index (χ0v) is 30.8. The van der Waals surface area contributed by atoms with E-state index < -0.39 is 56.4 Å². The first-order valence-electron chi connectivity index (χ1n) is 18.0. The molecule has 5 heterocycles. The number of amides is 1. The third kappa shape index (κ3) is 7.03. The molecule has 298 valence electrons. The molecule has 57 heavy (non-hydrogen) atoms. The molecule has 2 aromatic heterocycles. The Morgan fingerprint density at radius 2 is 1.60 bits per heavy atom. The lowest BCUT2D eigenvalue weighted by molar-refractivity contribution is -0.0504. The number of nitrogens with one attached hydrogen (secondary N) is 2. The van der Waals surface area contributed by atoms with E-state index in [2.05, 4.69) is 30.1 Å². The van der Waals surface area contributed by atoms with Gasteiger partial charge in [0.2, 0.25) is 0 Å². The number of aromatic hydroxyl groups is 2. The summed E-state index contributed by atoms with van der Waals surface area (Å²) in [4.78, 5) is 57.9. The monoisotopic (exact) mass is 804 g/mol. The summed E-state index contributed by atoms with van der Waals surface area (Å²) in [6, 6.07) is 13.9. The lowest BCUT2D eigenvalue weighted by Gasteiger charge is -2.36. The van der Waals surface area contributed by atoms with Crippen LogP contribution in [-0.4, -0.2) is 99.6 Å². The van der Waals surface area contributed by atoms with E-state index in [4.69, 9.17) is 24.0 Å². The number of phosphoric ester groups is 1. The molecule has 1 saturated heterocycles. The molecule has 0 saturated carbocycles. The first-order chi connectivity index (χ1) is 27.4. The number of carbonyl (C=O) groups excluding carboxylic acids is 2. The second-order valence-corrected chi connectivity index (χ2v) is 15.0. The number of rotatable bonds is 13. The summed E-state index contributed by atoms with van der Waals surface area (Å²) in [5, 5.41) is 47.4. The highest BCUT2D eigenvalue weighted by molar-refractivity contribution is 7.46. The van der Waals surface area contributed by atoms with Crippen LogP contribution in [0.5, 0.6) is 23.0 Å². The number of aliphatic hydroxyl groups excluding tert-OH is 2. The number of phosphoric acid groups is 1. The van der Waals surface area contributed by atoms with Crippen molar-refractivity contribution in [1.82, 2.24) is 24.8 Å². The maximum Gasteiger partial charge on any atom is 0.469 e. The molecule has 4 atom stereocenters. The van der Waals surface area contributed by atoms with Gasteiger partial charge < -0.3 is 55.1 Å². The van der Waals surface area contributed by atoms with Crippen molar-refractivity contribution in [3.8, 4) is 23.0 Å². The molecule has 20 heteroatoms. The molecule has 0 unspecified atom stereocenters. The first-order valence-corrected chi connectivity index (χ1v) is 19.5. The lowest BCUT2D eigenvalue weighted by Crippen LogP contribution is -2.33. The molecule has 0 bridgehead atoms. The number of aromatic nitrogens is 4. The normalized spacial score (nSPS) is 20.5. The van der Waals surface area contributed by atoms with Crippen molar-refractivity contribution in [2.75, 3.05) is 25.0 Å². The number of phenolic OH excluding ortho intramolecular Hbond substituents is 2. The van der Waals surface area contributed by atoms with Crippen molar-refractivity contribution >= 4 is 36.7 Å². The van der Waals surface area contributed by atoms with Gasteiger partial charge in [0.25, 0.3) is 5.91 Å². The Balaban J connectivity index is 0.855. The predicted octanol–water partition coefficient (Wildman–Crippen LogP) is 2.94. The first kappa shape index (κ1) is 38.2. The van der Waals surface area contributed by atoms with Crippen molar-refractivity contribution in [3.63, 3.8) is 0 Å². The van der Waals surface area contributed by atoms with Gasteiger partial charge >= 0.3 is 13.8 Å². The molecule has 0 aliphatic carbocycles. The van der Waals surface area contributed by atoms with E-state index in [1.54, 1.807) is 30.3 Å². The number of anilines is 1. The minimum atomic E-state index is -4.82. The van der Waals surface area contributed by atoms with Gasteiger partial charge in [0.1, 0.15) is 47.6 Å². The number of fused-ring (bicyclic) bond motifs is 7. The molecule has 3 aromatic carbocycles. The molecule has 1 fully saturated rings. The number of aliphatic hydroxyl groups is 2. The van der Waals surface area contributed by atoms with Gasteiger partial charge in [-0.3, -0.25) is 13.9 Å². The Kier molecular flexibility index (Phi) is 10.1. The highest BCUT2D eigenvalue weighted by Crippen LogP contribution is 2.57. The summed E-state index contributed by atoms with van der Waals surface area (Å²) in [5.74, 6) is -0.350. The second kappa shape index (κ2) is 15.0. The summed E-state index contributed by atoms with van der Waals surface area (Å²) < 4.78 is 34.7. The van der Waals surface area contributed by atoms with Crippen LogP contribution >= 0.6 is 7.82 Å². The standard InChI is InChI=1S/C37H37N6O13P/c44-19-8-10-22-25(14-19)54-26-15-20(45)9-11-23(26)37(22)24-7-5-6-21(28(24)36(49)56-37)34(48)39-13-4-2-1-3-12-38-32-29-33(41-17-40-32)43(18-42-29)35-31(47)30(46)27(55-35)16-53-57(50,51)52/h5-11,14-15,17-18,27,30-31,35,44-47H,1-4,12-13,16H2,(H,39,48)(H,38,40,41)(H2,50,51,52)/t27-,30-,31-,35-/m1/s1. The second-order valence-electron chi connectivity index (χ2n) is 13.7. The SMILES string of the molecule is O=C(NCCCCCCNc1ncnc2c1ncn2[C@@H]1O[C@H](COP(=O)(O)O)[C@@H](O)[C@H]1O)c1cccc2c1C(=O)OC21c2ccc(O)cc2Oc2cc(O)ccc21. The maximum absolute atomic E-state index is 13.6. The minimum absolute atomic E-state index is 0.0634. The third-order valence-corrected chi connectivity index (χ3v) is 10.6. The smallest absolute Gasteiger partial charge is 0.469 e. The third-order valence-electron chi connectivity index (χ3n) is 10.1. The van der Waals surface area contributed by atoms with Crippen molar-refractivity contribution in [2.24, 2.45) is 0 Å². The van der Waals surface area contributed by atoms with Gasteiger partial charge in [-0.15, -0.1) is 0 Å². The Morgan fingerprint density at radius 1 is 0.895 bits per heavy atom. The van der Waals surface area contributed by atoms with Gasteiger partial charge in [-0.1, -0.05) is 25.0 Å². The van der Waals surface area contributed by atoms with E-state index in [9.17, 15) is 34.6 Å². The van der Waals surface area contributed by atoms with Crippen LogP contribution in [-0.2, 0) is 24.2 Å². The molecule has 1 spiro atoms. The van der Waals surface area contributed by atoms with E-state index in [0.717, 1.165) is 19.3 Å². The summed E-state index contributed by atoms with van der Waals surface area (Å²) in [7, 11) is -4.82. The van der Waals surface area contributed by atoms with E-state index in [1.165, 1.54) is 41.5 Å². The molecule has 1 amide bonds. The number of carbonyl (C=O) groups is 2. The zero-order chi connectivity index (χ0) is 40.1. The number of ether oxygens (including phenoxy) is 3. The fraction of sp³-hybridized carbons (Fsp3) is 0.324. The van der Waals surface area contributed by atoms with E-state index in [0.29, 0.717) is 53.2 Å². The average molecular weight is 805 g/mol. The number of esters is 1. The van der Waals surface area contributed by atoms with Crippen molar-refractivity contribution in [3.05, 3.63) is 95.1 Å². The molecule has 0 radical (unpaired) electrons. The largest absolute Gasteiger partial charge is 0.508 e. The average Bonchev–Trinajstić information content (AvgIpc) is 3.83. The van der Waals surface area contributed by atoms with Crippen LogP contribution in [0.25, 0.3) is 11.2 Å². The Morgan fingerprint density at radius 3 is 2.30 bits per heavy atom. The Bertz CT molecular complexity index is 2370. The fourth-order valence-electron chi connectivity index (χ4n) is 7.48. The number of nitrogens with zero attached hydrogens (tertiary/aromatic N) is 4. The van der Waals surface area contributed by atoms with Crippen LogP contribution in [0.2, 0.25) is 0 Å². The van der Waals surface area contributed by atoms with Crippen molar-refractivity contribution in [2.45, 2.75) is 55.8 Å². The molecular weight excluding hydrogens is 767 g/mol. The van der Waals surface area contributed by atoms with E-state index >= 15 is 0 Å². The maximum atomic E-state index is 13.6. The van der Waals surface area contributed by atoms with E-state index in [1.807, 2.05) is 0 Å². The van der Waals surface area contributed by atoms with Gasteiger partial charge in [-0.05, 0) is 43.2 Å². The summed E-state index contributed by atoms with van der Waals surface area (Å²) in [5.41, 5.74) is 0.824. The molecule has 3 aliphatic rings. The highest BCUT2D eigenvalue weighted by atomic mass is 31.2. The molecular formula is C37H37N6O13P. The zero-order valence-electron chi connectivity index (χ0n) is 29.9. The minimum Gasteiger partial charge on any atom is -0.508 e. The topological polar surface area (TPSA) is 277 Å². The van der Waals surface area contributed by atoms with Crippen LogP contribution in [0.1, 0.15) is 69.3 Å². The van der Waals surface area contributed by atoms with Crippen molar-refractivity contribution < 1.29 is 63.1 Å². The van der Waals surface area contributed by atoms with Crippen LogP contribution in [0.4, 0.5) is 5.82 Å². The number of hydrogen-bond donors (Lipinski definition) is 8. The van der Waals surface area contributed by atoms with Crippen LogP contribution in [0.3, 0.4) is 0 Å². The number of benzene rings is 3. The molecule has 3 aliphatic heterocycles. The lowest BCUT2D eigenvalue weighted by atomic mass is 9.77. The number of hydrogen-bond acceptors (Lipinski definition) is 15. The fourth-order valence-corrected chi connectivity index (χ4v) is 7.82. The van der Waals surface area contributed by atoms with Gasteiger partial charge in [0.15, 0.2) is 28.8 Å². The van der Waals surface area contributed by atoms with Crippen LogP contribution in [0, 0.1) is 0 Å². The van der Waals surface area contributed by atoms with Crippen LogP contribution in [0.15, 0.2) is 67.3 Å². The summed E-state index contributed by atoms with van der Waals surface area (Å²) in [6.07, 6.45) is 0.372. The van der Waals surface area contributed by atoms with Crippen molar-refractivity contribution in [1.29, 1.82) is 0 Å². The van der Waals surface area contributed by atoms with E-state index in [-0.39, 0.29) is 34.1 Å². The molecule has 8 N–H and O–H groups in total. The van der Waals surface area contributed by atoms with Gasteiger partial charge in [0, 0.05) is 41.9 Å². The number of unbranched alkanes of at least 4 members (excludes halogenated alkanes) is 3. The molecule has 19 nitrogen and oxygen atoms in total. The predicted molar refractivity (Wildman–Crippen MR) is 197 cm³/mol. The molecule has 8 rings (SSSR count). The Hall–Kier alpha value is -5.66. The number of imidazole rings is 1. The number of phenols is 2. The van der Waals surface area contributed by atoms with Gasteiger partial charge in [-0.25, -0.2) is 24.3 Å².